The van der Waals surface area contributed by atoms with E-state index in [1.165, 1.54) is 5.38 Å². The molecule has 2 aromatic heterocycles. The van der Waals surface area contributed by atoms with Crippen molar-refractivity contribution in [2.24, 2.45) is 0 Å². The maximum absolute atomic E-state index is 12.6. The number of aromatic nitrogens is 1. The summed E-state index contributed by atoms with van der Waals surface area (Å²) in [6.45, 7) is 0.341. The molecule has 0 aliphatic heterocycles. The molecule has 3 aromatic rings. The van der Waals surface area contributed by atoms with E-state index in [1.807, 2.05) is 30.3 Å². The van der Waals surface area contributed by atoms with Crippen LogP contribution in [-0.2, 0) is 12.8 Å². The zero-order valence-corrected chi connectivity index (χ0v) is 13.1. The smallest absolute Gasteiger partial charge is 0.425 e. The highest BCUT2D eigenvalue weighted by Gasteiger charge is 2.32. The van der Waals surface area contributed by atoms with E-state index in [-0.39, 0.29) is 11.6 Å². The van der Waals surface area contributed by atoms with Crippen LogP contribution in [-0.4, -0.2) is 4.98 Å². The van der Waals surface area contributed by atoms with Gasteiger partial charge in [-0.15, -0.1) is 11.3 Å². The predicted molar refractivity (Wildman–Crippen MR) is 84.4 cm³/mol. The SMILES string of the molecule is FC(F)(F)c1cc(Oc2cccc(OCc3ccccc3)n2)cs1. The Morgan fingerprint density at radius 3 is 2.42 bits per heavy atom. The van der Waals surface area contributed by atoms with Gasteiger partial charge in [0.05, 0.1) is 0 Å². The van der Waals surface area contributed by atoms with Crippen molar-refractivity contribution in [2.75, 3.05) is 0 Å². The van der Waals surface area contributed by atoms with Gasteiger partial charge < -0.3 is 9.47 Å². The van der Waals surface area contributed by atoms with Crippen LogP contribution in [0.4, 0.5) is 13.2 Å². The fourth-order valence-electron chi connectivity index (χ4n) is 1.91. The van der Waals surface area contributed by atoms with E-state index < -0.39 is 11.1 Å². The Morgan fingerprint density at radius 1 is 0.958 bits per heavy atom. The molecule has 0 radical (unpaired) electrons. The molecule has 0 aliphatic rings. The number of nitrogens with zero attached hydrogens (tertiary/aromatic N) is 1. The summed E-state index contributed by atoms with van der Waals surface area (Å²) in [6, 6.07) is 15.4. The van der Waals surface area contributed by atoms with Crippen LogP contribution in [0.25, 0.3) is 0 Å². The molecule has 1 aromatic carbocycles. The molecule has 0 fully saturated rings. The fraction of sp³-hybridized carbons (Fsp3) is 0.118. The summed E-state index contributed by atoms with van der Waals surface area (Å²) >= 11 is 0.578. The Kier molecular flexibility index (Phi) is 4.71. The Balaban J connectivity index is 1.66. The molecule has 0 bridgehead atoms. The van der Waals surface area contributed by atoms with Gasteiger partial charge in [0.2, 0.25) is 11.8 Å². The first-order chi connectivity index (χ1) is 11.5. The second-order valence-electron chi connectivity index (χ2n) is 4.83. The number of hydrogen-bond acceptors (Lipinski definition) is 4. The van der Waals surface area contributed by atoms with Gasteiger partial charge in [0.1, 0.15) is 17.2 Å². The lowest BCUT2D eigenvalue weighted by molar-refractivity contribution is -0.134. The highest BCUT2D eigenvalue weighted by atomic mass is 32.1. The van der Waals surface area contributed by atoms with E-state index in [0.717, 1.165) is 11.6 Å². The lowest BCUT2D eigenvalue weighted by Crippen LogP contribution is -2.00. The molecule has 3 rings (SSSR count). The highest BCUT2D eigenvalue weighted by Crippen LogP contribution is 2.37. The van der Waals surface area contributed by atoms with Gasteiger partial charge in [0, 0.05) is 23.6 Å². The Hall–Kier alpha value is -2.54. The molecule has 0 saturated carbocycles. The highest BCUT2D eigenvalue weighted by molar-refractivity contribution is 7.10. The predicted octanol–water partition coefficient (Wildman–Crippen LogP) is 5.53. The fourth-order valence-corrected chi connectivity index (χ4v) is 2.58. The molecule has 0 aliphatic carbocycles. The molecular weight excluding hydrogens is 339 g/mol. The van der Waals surface area contributed by atoms with Crippen LogP contribution in [0.1, 0.15) is 10.4 Å². The first kappa shape index (κ1) is 16.3. The van der Waals surface area contributed by atoms with Gasteiger partial charge in [-0.3, -0.25) is 0 Å². The molecule has 3 nitrogen and oxygen atoms in total. The van der Waals surface area contributed by atoms with Crippen molar-refractivity contribution in [1.82, 2.24) is 4.98 Å². The number of thiophene rings is 1. The third-order valence-corrected chi connectivity index (χ3v) is 3.96. The molecular formula is C17H12F3NO2S. The van der Waals surface area contributed by atoms with Gasteiger partial charge in [-0.2, -0.15) is 18.2 Å². The van der Waals surface area contributed by atoms with Gasteiger partial charge >= 0.3 is 6.18 Å². The number of pyridine rings is 1. The molecule has 0 atom stereocenters. The zero-order valence-electron chi connectivity index (χ0n) is 12.3. The van der Waals surface area contributed by atoms with Gasteiger partial charge in [-0.05, 0) is 5.56 Å². The molecule has 0 N–H and O–H groups in total. The first-order valence-corrected chi connectivity index (χ1v) is 7.86. The van der Waals surface area contributed by atoms with Crippen LogP contribution in [0.5, 0.6) is 17.5 Å². The Morgan fingerprint density at radius 2 is 1.71 bits per heavy atom. The lowest BCUT2D eigenvalue weighted by atomic mass is 10.2. The number of hydrogen-bond donors (Lipinski definition) is 0. The average Bonchev–Trinajstić information content (AvgIpc) is 3.03. The zero-order chi connectivity index (χ0) is 17.0. The van der Waals surface area contributed by atoms with E-state index >= 15 is 0 Å². The summed E-state index contributed by atoms with van der Waals surface area (Å²) < 4.78 is 48.7. The number of halogens is 3. The largest absolute Gasteiger partial charge is 0.473 e. The summed E-state index contributed by atoms with van der Waals surface area (Å²) in [5.74, 6) is 0.606. The van der Waals surface area contributed by atoms with E-state index in [1.54, 1.807) is 18.2 Å². The molecule has 0 saturated heterocycles. The standard InChI is InChI=1S/C17H12F3NO2S/c18-17(19,20)14-9-13(11-24-14)23-16-8-4-7-15(21-16)22-10-12-5-2-1-3-6-12/h1-9,11H,10H2. The molecule has 124 valence electrons. The van der Waals surface area contributed by atoms with E-state index in [2.05, 4.69) is 4.98 Å². The number of ether oxygens (including phenoxy) is 2. The number of rotatable bonds is 5. The van der Waals surface area contributed by atoms with Gasteiger partial charge in [-0.1, -0.05) is 36.4 Å². The first-order valence-electron chi connectivity index (χ1n) is 6.98. The topological polar surface area (TPSA) is 31.4 Å². The molecule has 24 heavy (non-hydrogen) atoms. The number of benzene rings is 1. The third-order valence-electron chi connectivity index (χ3n) is 3.00. The third kappa shape index (κ3) is 4.26. The molecule has 0 amide bonds. The van der Waals surface area contributed by atoms with Crippen molar-refractivity contribution in [1.29, 1.82) is 0 Å². The van der Waals surface area contributed by atoms with E-state index in [0.29, 0.717) is 23.8 Å². The maximum atomic E-state index is 12.6. The van der Waals surface area contributed by atoms with E-state index in [9.17, 15) is 13.2 Å². The summed E-state index contributed by atoms with van der Waals surface area (Å²) in [5.41, 5.74) is 0.985. The van der Waals surface area contributed by atoms with Crippen molar-refractivity contribution >= 4 is 11.3 Å². The molecule has 0 spiro atoms. The number of alkyl halides is 3. The van der Waals surface area contributed by atoms with Gasteiger partial charge in [-0.25, -0.2) is 0 Å². The van der Waals surface area contributed by atoms with Crippen LogP contribution < -0.4 is 9.47 Å². The van der Waals surface area contributed by atoms with Crippen molar-refractivity contribution in [3.05, 3.63) is 70.4 Å². The minimum atomic E-state index is -4.37. The minimum Gasteiger partial charge on any atom is -0.473 e. The molecule has 2 heterocycles. The monoisotopic (exact) mass is 351 g/mol. The van der Waals surface area contributed by atoms with Crippen molar-refractivity contribution in [3.63, 3.8) is 0 Å². The van der Waals surface area contributed by atoms with Crippen LogP contribution in [0, 0.1) is 0 Å². The van der Waals surface area contributed by atoms with E-state index in [4.69, 9.17) is 9.47 Å². The van der Waals surface area contributed by atoms with Crippen LogP contribution in [0.15, 0.2) is 60.0 Å². The quantitative estimate of drug-likeness (QED) is 0.605. The normalized spacial score (nSPS) is 11.3. The maximum Gasteiger partial charge on any atom is 0.425 e. The Labute approximate surface area is 140 Å². The lowest BCUT2D eigenvalue weighted by Gasteiger charge is -2.07. The van der Waals surface area contributed by atoms with Crippen molar-refractivity contribution < 1.29 is 22.6 Å². The summed E-state index contributed by atoms with van der Waals surface area (Å²) in [6.07, 6.45) is -4.37. The molecule has 7 heteroatoms. The summed E-state index contributed by atoms with van der Waals surface area (Å²) in [4.78, 5) is 3.42. The van der Waals surface area contributed by atoms with Crippen LogP contribution in [0.2, 0.25) is 0 Å². The van der Waals surface area contributed by atoms with Gasteiger partial charge in [0.15, 0.2) is 0 Å². The van der Waals surface area contributed by atoms with Crippen molar-refractivity contribution in [3.8, 4) is 17.5 Å². The summed E-state index contributed by atoms with van der Waals surface area (Å²) in [5, 5.41) is 1.29. The summed E-state index contributed by atoms with van der Waals surface area (Å²) in [7, 11) is 0. The van der Waals surface area contributed by atoms with Crippen LogP contribution >= 0.6 is 11.3 Å². The van der Waals surface area contributed by atoms with Crippen LogP contribution in [0.3, 0.4) is 0 Å². The van der Waals surface area contributed by atoms with Crippen molar-refractivity contribution in [2.45, 2.75) is 12.8 Å². The molecule has 0 unspecified atom stereocenters. The second kappa shape index (κ2) is 6.92. The minimum absolute atomic E-state index is 0.0973. The average molecular weight is 351 g/mol. The van der Waals surface area contributed by atoms with Gasteiger partial charge in [0.25, 0.3) is 0 Å². The second-order valence-corrected chi connectivity index (χ2v) is 5.75. The Bertz CT molecular complexity index is 803.